The summed E-state index contributed by atoms with van der Waals surface area (Å²) in [6.45, 7) is 2.90. The molecule has 1 fully saturated rings. The average molecular weight is 234 g/mol. The number of nitrogens with two attached hydrogens (primary N) is 1. The Balaban J connectivity index is 2.14. The minimum Gasteiger partial charge on any atom is -0.382 e. The molecule has 2 rings (SSSR count). The van der Waals surface area contributed by atoms with E-state index in [1.165, 1.54) is 0 Å². The number of likely N-dealkylation sites (N-methyl/N-ethyl adjacent to an activating group) is 1. The molecule has 0 aliphatic carbocycles. The summed E-state index contributed by atoms with van der Waals surface area (Å²) in [7, 11) is 2.04. The molecule has 0 amide bonds. The number of nitrogen functional groups attached to an aromatic ring is 1. The molecule has 17 heavy (non-hydrogen) atoms. The van der Waals surface area contributed by atoms with Gasteiger partial charge in [0.1, 0.15) is 11.5 Å². The van der Waals surface area contributed by atoms with Crippen LogP contribution in [0.15, 0.2) is 18.3 Å². The number of amidine groups is 1. The second-order valence-corrected chi connectivity index (χ2v) is 4.36. The van der Waals surface area contributed by atoms with E-state index in [1.54, 1.807) is 12.3 Å². The number of nitrogens with one attached hydrogen (secondary N) is 1. The van der Waals surface area contributed by atoms with Crippen LogP contribution in [0.1, 0.15) is 19.0 Å². The van der Waals surface area contributed by atoms with Crippen LogP contribution in [0.25, 0.3) is 0 Å². The minimum atomic E-state index is -0.00299. The Hall–Kier alpha value is -1.62. The third-order valence-corrected chi connectivity index (χ3v) is 3.26. The van der Waals surface area contributed by atoms with Crippen LogP contribution in [0.4, 0.5) is 5.69 Å². The van der Waals surface area contributed by atoms with Crippen LogP contribution in [0.3, 0.4) is 0 Å². The second-order valence-electron chi connectivity index (χ2n) is 4.36. The molecule has 5 nitrogen and oxygen atoms in total. The summed E-state index contributed by atoms with van der Waals surface area (Å²) in [6.07, 6.45) is 3.03. The van der Waals surface area contributed by atoms with Gasteiger partial charge in [-0.25, -0.2) is 0 Å². The fourth-order valence-corrected chi connectivity index (χ4v) is 2.17. The molecular weight excluding hydrogens is 216 g/mol. The van der Waals surface area contributed by atoms with Gasteiger partial charge >= 0.3 is 0 Å². The fraction of sp³-hybridized carbons (Fsp3) is 0.500. The molecule has 0 bridgehead atoms. The fourth-order valence-electron chi connectivity index (χ4n) is 2.17. The van der Waals surface area contributed by atoms with E-state index in [2.05, 4.69) is 16.8 Å². The van der Waals surface area contributed by atoms with E-state index in [0.29, 0.717) is 11.7 Å². The normalized spacial score (nSPS) is 23.6. The SMILES string of the molecule is CC1OCCC1N(C)c1ccc(C(=N)N)nc1. The molecule has 5 heteroatoms. The molecule has 1 saturated heterocycles. The number of nitrogens with zero attached hydrogens (tertiary/aromatic N) is 2. The highest BCUT2D eigenvalue weighted by Crippen LogP contribution is 2.23. The Morgan fingerprint density at radius 2 is 2.35 bits per heavy atom. The van der Waals surface area contributed by atoms with Crippen molar-refractivity contribution in [1.82, 2.24) is 4.98 Å². The summed E-state index contributed by atoms with van der Waals surface area (Å²) in [4.78, 5) is 6.34. The molecular formula is C12H18N4O. The smallest absolute Gasteiger partial charge is 0.141 e. The van der Waals surface area contributed by atoms with Crippen LogP contribution in [-0.4, -0.2) is 36.6 Å². The van der Waals surface area contributed by atoms with Crippen LogP contribution in [0.5, 0.6) is 0 Å². The summed E-state index contributed by atoms with van der Waals surface area (Å²) in [6, 6.07) is 4.10. The third kappa shape index (κ3) is 2.39. The van der Waals surface area contributed by atoms with Gasteiger partial charge in [0.25, 0.3) is 0 Å². The van der Waals surface area contributed by atoms with Crippen LogP contribution in [-0.2, 0) is 4.74 Å². The van der Waals surface area contributed by atoms with E-state index < -0.39 is 0 Å². The Morgan fingerprint density at radius 3 is 2.82 bits per heavy atom. The molecule has 92 valence electrons. The zero-order chi connectivity index (χ0) is 12.4. The molecule has 2 atom stereocenters. The first-order chi connectivity index (χ1) is 8.09. The van der Waals surface area contributed by atoms with Crippen LogP contribution < -0.4 is 10.6 Å². The van der Waals surface area contributed by atoms with Gasteiger partial charge in [-0.3, -0.25) is 10.4 Å². The number of ether oxygens (including phenoxy) is 1. The highest BCUT2D eigenvalue weighted by Gasteiger charge is 2.28. The zero-order valence-corrected chi connectivity index (χ0v) is 10.2. The molecule has 0 saturated carbocycles. The van der Waals surface area contributed by atoms with E-state index in [9.17, 15) is 0 Å². The molecule has 3 N–H and O–H groups in total. The first-order valence-corrected chi connectivity index (χ1v) is 5.74. The quantitative estimate of drug-likeness (QED) is 0.604. The van der Waals surface area contributed by atoms with Crippen molar-refractivity contribution in [1.29, 1.82) is 5.41 Å². The molecule has 1 aliphatic heterocycles. The van der Waals surface area contributed by atoms with Gasteiger partial charge in [0.15, 0.2) is 0 Å². The number of hydrogen-bond acceptors (Lipinski definition) is 4. The second kappa shape index (κ2) is 4.71. The molecule has 0 aromatic carbocycles. The number of pyridine rings is 1. The van der Waals surface area contributed by atoms with E-state index in [4.69, 9.17) is 15.9 Å². The number of aromatic nitrogens is 1. The van der Waals surface area contributed by atoms with Crippen LogP contribution in [0, 0.1) is 5.41 Å². The predicted molar refractivity (Wildman–Crippen MR) is 67.5 cm³/mol. The Morgan fingerprint density at radius 1 is 1.59 bits per heavy atom. The van der Waals surface area contributed by atoms with Crippen molar-refractivity contribution in [3.05, 3.63) is 24.0 Å². The first-order valence-electron chi connectivity index (χ1n) is 5.74. The van der Waals surface area contributed by atoms with Gasteiger partial charge in [-0.1, -0.05) is 0 Å². The van der Waals surface area contributed by atoms with Gasteiger partial charge < -0.3 is 15.4 Å². The van der Waals surface area contributed by atoms with Gasteiger partial charge in [-0.05, 0) is 25.5 Å². The first kappa shape index (κ1) is 11.9. The lowest BCUT2D eigenvalue weighted by atomic mass is 10.1. The van der Waals surface area contributed by atoms with Gasteiger partial charge in [-0.2, -0.15) is 0 Å². The van der Waals surface area contributed by atoms with Crippen molar-refractivity contribution >= 4 is 11.5 Å². The van der Waals surface area contributed by atoms with Crippen LogP contribution >= 0.6 is 0 Å². The maximum absolute atomic E-state index is 7.29. The van der Waals surface area contributed by atoms with Crippen LogP contribution in [0.2, 0.25) is 0 Å². The standard InChI is InChI=1S/C12H18N4O/c1-8-11(5-6-17-8)16(2)9-3-4-10(12(13)14)15-7-9/h3-4,7-8,11H,5-6H2,1-2H3,(H3,13,14). The topological polar surface area (TPSA) is 75.2 Å². The van der Waals surface area contributed by atoms with Crippen molar-refractivity contribution in [2.24, 2.45) is 5.73 Å². The van der Waals surface area contributed by atoms with Gasteiger partial charge in [0.2, 0.25) is 0 Å². The summed E-state index contributed by atoms with van der Waals surface area (Å²) in [5.41, 5.74) is 6.91. The van der Waals surface area contributed by atoms with Crippen molar-refractivity contribution in [2.45, 2.75) is 25.5 Å². The van der Waals surface area contributed by atoms with Gasteiger partial charge in [-0.15, -0.1) is 0 Å². The molecule has 2 unspecified atom stereocenters. The highest BCUT2D eigenvalue weighted by molar-refractivity contribution is 5.93. The monoisotopic (exact) mass is 234 g/mol. The minimum absolute atomic E-state index is 0.00299. The van der Waals surface area contributed by atoms with E-state index >= 15 is 0 Å². The van der Waals surface area contributed by atoms with Crippen molar-refractivity contribution in [2.75, 3.05) is 18.6 Å². The van der Waals surface area contributed by atoms with Gasteiger partial charge in [0, 0.05) is 13.7 Å². The predicted octanol–water partition coefficient (Wildman–Crippen LogP) is 0.979. The Bertz CT molecular complexity index is 403. The molecule has 1 aromatic rings. The van der Waals surface area contributed by atoms with E-state index in [0.717, 1.165) is 18.7 Å². The third-order valence-electron chi connectivity index (χ3n) is 3.26. The molecule has 0 radical (unpaired) electrons. The summed E-state index contributed by atoms with van der Waals surface area (Å²) in [5, 5.41) is 7.29. The lowest BCUT2D eigenvalue weighted by Crippen LogP contribution is -2.36. The molecule has 0 spiro atoms. The van der Waals surface area contributed by atoms with E-state index in [1.807, 2.05) is 13.1 Å². The summed E-state index contributed by atoms with van der Waals surface area (Å²) >= 11 is 0. The lowest BCUT2D eigenvalue weighted by molar-refractivity contribution is 0.118. The number of rotatable bonds is 3. The van der Waals surface area contributed by atoms with E-state index in [-0.39, 0.29) is 11.9 Å². The van der Waals surface area contributed by atoms with Crippen molar-refractivity contribution < 1.29 is 4.74 Å². The number of anilines is 1. The molecule has 1 aromatic heterocycles. The highest BCUT2D eigenvalue weighted by atomic mass is 16.5. The molecule has 2 heterocycles. The molecule has 1 aliphatic rings. The maximum atomic E-state index is 7.29. The largest absolute Gasteiger partial charge is 0.382 e. The average Bonchev–Trinajstić information content (AvgIpc) is 2.74. The zero-order valence-electron chi connectivity index (χ0n) is 10.2. The van der Waals surface area contributed by atoms with Gasteiger partial charge in [0.05, 0.1) is 24.0 Å². The maximum Gasteiger partial charge on any atom is 0.141 e. The lowest BCUT2D eigenvalue weighted by Gasteiger charge is -2.28. The number of hydrogen-bond donors (Lipinski definition) is 2. The summed E-state index contributed by atoms with van der Waals surface area (Å²) < 4.78 is 5.55. The summed E-state index contributed by atoms with van der Waals surface area (Å²) in [5.74, 6) is -0.00299. The Labute approximate surface area is 101 Å². The van der Waals surface area contributed by atoms with Crippen molar-refractivity contribution in [3.8, 4) is 0 Å². The van der Waals surface area contributed by atoms with Crippen molar-refractivity contribution in [3.63, 3.8) is 0 Å². The Kier molecular flexibility index (Phi) is 3.28.